The van der Waals surface area contributed by atoms with E-state index < -0.39 is 0 Å². The quantitative estimate of drug-likeness (QED) is 0.903. The van der Waals surface area contributed by atoms with Crippen LogP contribution in [0.5, 0.6) is 0 Å². The first-order valence-electron chi connectivity index (χ1n) is 6.85. The molecule has 20 heavy (non-hydrogen) atoms. The van der Waals surface area contributed by atoms with Crippen molar-refractivity contribution in [2.24, 2.45) is 0 Å². The number of rotatable bonds is 2. The highest BCUT2D eigenvalue weighted by Gasteiger charge is 2.31. The summed E-state index contributed by atoms with van der Waals surface area (Å²) in [4.78, 5) is 14.4. The summed E-state index contributed by atoms with van der Waals surface area (Å²) in [6, 6.07) is -0.138. The normalized spacial score (nSPS) is 19.9. The molecule has 106 valence electrons. The summed E-state index contributed by atoms with van der Waals surface area (Å²) >= 11 is 0. The fourth-order valence-corrected chi connectivity index (χ4v) is 2.59. The van der Waals surface area contributed by atoms with Crippen molar-refractivity contribution in [1.82, 2.24) is 25.3 Å². The molecule has 0 bridgehead atoms. The third-order valence-corrected chi connectivity index (χ3v) is 3.59. The molecule has 0 saturated carbocycles. The molecule has 1 atom stereocenters. The van der Waals surface area contributed by atoms with Crippen molar-refractivity contribution in [2.45, 2.75) is 38.6 Å². The topological polar surface area (TPSA) is 87.9 Å². The van der Waals surface area contributed by atoms with Crippen molar-refractivity contribution in [3.63, 3.8) is 0 Å². The number of nitrogens with one attached hydrogen (secondary N) is 1. The van der Waals surface area contributed by atoms with Crippen LogP contribution < -0.4 is 0 Å². The fourth-order valence-electron chi connectivity index (χ4n) is 2.59. The van der Waals surface area contributed by atoms with Crippen LogP contribution in [0.3, 0.4) is 0 Å². The molecule has 3 heterocycles. The second-order valence-corrected chi connectivity index (χ2v) is 5.01. The van der Waals surface area contributed by atoms with Crippen LogP contribution in [0, 0.1) is 6.92 Å². The Kier molecular flexibility index (Phi) is 3.49. The van der Waals surface area contributed by atoms with Gasteiger partial charge in [0.1, 0.15) is 6.04 Å². The molecule has 1 unspecified atom stereocenters. The largest absolute Gasteiger partial charge is 0.423 e. The molecule has 7 heteroatoms. The average molecular weight is 275 g/mol. The van der Waals surface area contributed by atoms with Crippen molar-refractivity contribution in [1.29, 1.82) is 0 Å². The number of likely N-dealkylation sites (tertiary alicyclic amines) is 1. The van der Waals surface area contributed by atoms with Gasteiger partial charge in [-0.15, -0.1) is 10.2 Å². The second kappa shape index (κ2) is 5.44. The maximum atomic E-state index is 12.6. The summed E-state index contributed by atoms with van der Waals surface area (Å²) in [5, 5.41) is 14.5. The Bertz CT molecular complexity index is 577. The van der Waals surface area contributed by atoms with E-state index in [9.17, 15) is 4.79 Å². The van der Waals surface area contributed by atoms with Gasteiger partial charge in [-0.1, -0.05) is 12.8 Å². The lowest BCUT2D eigenvalue weighted by molar-refractivity contribution is 0.0651. The van der Waals surface area contributed by atoms with Crippen LogP contribution in [0.4, 0.5) is 0 Å². The number of aryl methyl sites for hydroxylation is 1. The highest BCUT2D eigenvalue weighted by molar-refractivity contribution is 5.93. The van der Waals surface area contributed by atoms with Gasteiger partial charge in [-0.25, -0.2) is 0 Å². The molecule has 7 nitrogen and oxygen atoms in total. The first-order valence-corrected chi connectivity index (χ1v) is 6.85. The third kappa shape index (κ3) is 2.43. The number of hydrogen-bond acceptors (Lipinski definition) is 5. The molecule has 2 aromatic heterocycles. The van der Waals surface area contributed by atoms with E-state index in [1.807, 2.05) is 4.90 Å². The Morgan fingerprint density at radius 1 is 1.40 bits per heavy atom. The van der Waals surface area contributed by atoms with Crippen molar-refractivity contribution in [2.75, 3.05) is 6.54 Å². The predicted octanol–water partition coefficient (Wildman–Crippen LogP) is 1.86. The Balaban J connectivity index is 1.89. The van der Waals surface area contributed by atoms with E-state index in [4.69, 9.17) is 4.42 Å². The molecule has 1 aliphatic rings. The van der Waals surface area contributed by atoms with E-state index in [2.05, 4.69) is 20.4 Å². The molecular formula is C13H17N5O2. The second-order valence-electron chi connectivity index (χ2n) is 5.01. The van der Waals surface area contributed by atoms with Crippen LogP contribution >= 0.6 is 0 Å². The standard InChI is InChI=1S/C13H17N5O2/c1-9-16-17-12(20-9)11-5-3-2-4-6-18(11)13(19)10-7-14-15-8-10/h7-8,11H,2-6H2,1H3,(H,14,15). The highest BCUT2D eigenvalue weighted by Crippen LogP contribution is 2.30. The van der Waals surface area contributed by atoms with Gasteiger partial charge in [0.25, 0.3) is 5.91 Å². The van der Waals surface area contributed by atoms with Crippen LogP contribution in [0.15, 0.2) is 16.8 Å². The van der Waals surface area contributed by atoms with Crippen molar-refractivity contribution < 1.29 is 9.21 Å². The molecule has 1 fully saturated rings. The smallest absolute Gasteiger partial charge is 0.257 e. The minimum Gasteiger partial charge on any atom is -0.423 e. The maximum absolute atomic E-state index is 12.6. The summed E-state index contributed by atoms with van der Waals surface area (Å²) < 4.78 is 5.54. The van der Waals surface area contributed by atoms with Gasteiger partial charge in [0.15, 0.2) is 0 Å². The summed E-state index contributed by atoms with van der Waals surface area (Å²) in [5.41, 5.74) is 0.563. The molecule has 0 aliphatic carbocycles. The predicted molar refractivity (Wildman–Crippen MR) is 69.9 cm³/mol. The van der Waals surface area contributed by atoms with E-state index in [-0.39, 0.29) is 11.9 Å². The molecule has 1 saturated heterocycles. The molecule has 1 N–H and O–H groups in total. The lowest BCUT2D eigenvalue weighted by Crippen LogP contribution is -2.34. The molecule has 3 rings (SSSR count). The van der Waals surface area contributed by atoms with Gasteiger partial charge in [0.2, 0.25) is 11.8 Å². The Morgan fingerprint density at radius 2 is 2.30 bits per heavy atom. The zero-order chi connectivity index (χ0) is 13.9. The zero-order valence-electron chi connectivity index (χ0n) is 11.4. The number of nitrogens with zero attached hydrogens (tertiary/aromatic N) is 4. The number of carbonyl (C=O) groups excluding carboxylic acids is 1. The first kappa shape index (κ1) is 12.8. The van der Waals surface area contributed by atoms with Crippen LogP contribution in [-0.4, -0.2) is 37.7 Å². The maximum Gasteiger partial charge on any atom is 0.257 e. The number of amides is 1. The van der Waals surface area contributed by atoms with Gasteiger partial charge in [-0.05, 0) is 12.8 Å². The van der Waals surface area contributed by atoms with Crippen molar-refractivity contribution in [3.05, 3.63) is 29.7 Å². The summed E-state index contributed by atoms with van der Waals surface area (Å²) in [6.45, 7) is 2.46. The molecular weight excluding hydrogens is 258 g/mol. The van der Waals surface area contributed by atoms with E-state index in [1.165, 1.54) is 0 Å². The van der Waals surface area contributed by atoms with Crippen LogP contribution in [0.2, 0.25) is 0 Å². The number of H-pyrrole nitrogens is 1. The number of carbonyl (C=O) groups is 1. The van der Waals surface area contributed by atoms with Gasteiger partial charge in [-0.2, -0.15) is 5.10 Å². The Morgan fingerprint density at radius 3 is 3.00 bits per heavy atom. The van der Waals surface area contributed by atoms with Crippen molar-refractivity contribution >= 4 is 5.91 Å². The fraction of sp³-hybridized carbons (Fsp3) is 0.538. The van der Waals surface area contributed by atoms with Gasteiger partial charge < -0.3 is 9.32 Å². The van der Waals surface area contributed by atoms with E-state index in [1.54, 1.807) is 19.3 Å². The molecule has 0 radical (unpaired) electrons. The van der Waals surface area contributed by atoms with Gasteiger partial charge in [0.05, 0.1) is 11.8 Å². The van der Waals surface area contributed by atoms with Crippen molar-refractivity contribution in [3.8, 4) is 0 Å². The number of aromatic amines is 1. The lowest BCUT2D eigenvalue weighted by Gasteiger charge is -2.27. The summed E-state index contributed by atoms with van der Waals surface area (Å²) in [6.07, 6.45) is 7.17. The first-order chi connectivity index (χ1) is 9.75. The van der Waals surface area contributed by atoms with Crippen LogP contribution in [-0.2, 0) is 0 Å². The zero-order valence-corrected chi connectivity index (χ0v) is 11.4. The summed E-state index contributed by atoms with van der Waals surface area (Å²) in [7, 11) is 0. The number of aromatic nitrogens is 4. The highest BCUT2D eigenvalue weighted by atomic mass is 16.4. The van der Waals surface area contributed by atoms with Gasteiger partial charge in [-0.3, -0.25) is 9.89 Å². The SMILES string of the molecule is Cc1nnc(C2CCCCCN2C(=O)c2cn[nH]c2)o1. The van der Waals surface area contributed by atoms with Crippen LogP contribution in [0.25, 0.3) is 0 Å². The van der Waals surface area contributed by atoms with Gasteiger partial charge in [0, 0.05) is 19.7 Å². The average Bonchev–Trinajstić information content (AvgIpc) is 3.05. The molecule has 2 aromatic rings. The minimum atomic E-state index is -0.138. The minimum absolute atomic E-state index is 0.0403. The Hall–Kier alpha value is -2.18. The monoisotopic (exact) mass is 275 g/mol. The Labute approximate surface area is 116 Å². The van der Waals surface area contributed by atoms with Crippen LogP contribution in [0.1, 0.15) is 53.9 Å². The molecule has 1 aliphatic heterocycles. The third-order valence-electron chi connectivity index (χ3n) is 3.59. The molecule has 0 aromatic carbocycles. The lowest BCUT2D eigenvalue weighted by atomic mass is 10.1. The van der Waals surface area contributed by atoms with E-state index >= 15 is 0 Å². The van der Waals surface area contributed by atoms with Gasteiger partial charge >= 0.3 is 0 Å². The van der Waals surface area contributed by atoms with E-state index in [0.29, 0.717) is 23.9 Å². The molecule has 0 spiro atoms. The summed E-state index contributed by atoms with van der Waals surface area (Å²) in [5.74, 6) is 1.02. The van der Waals surface area contributed by atoms with E-state index in [0.717, 1.165) is 25.7 Å². The number of hydrogen-bond donors (Lipinski definition) is 1. The molecule has 1 amide bonds.